The molecule has 0 aliphatic carbocycles. The van der Waals surface area contributed by atoms with Crippen LogP contribution in [0.1, 0.15) is 11.5 Å². The Bertz CT molecular complexity index is 406. The molecule has 0 amide bonds. The number of hydrogen-bond acceptors (Lipinski definition) is 3. The average molecular weight is 192 g/mol. The monoisotopic (exact) mass is 192 g/mol. The lowest BCUT2D eigenvalue weighted by Crippen LogP contribution is -1.89. The Morgan fingerprint density at radius 1 is 1.23 bits per heavy atom. The van der Waals surface area contributed by atoms with Gasteiger partial charge in [-0.25, -0.2) is 9.97 Å². The van der Waals surface area contributed by atoms with Gasteiger partial charge in [-0.2, -0.15) is 0 Å². The minimum absolute atomic E-state index is 0.855. The zero-order valence-corrected chi connectivity index (χ0v) is 8.69. The lowest BCUT2D eigenvalue weighted by Gasteiger charge is -1.95. The number of hydrogen-bond donors (Lipinski definition) is 0. The van der Waals surface area contributed by atoms with Crippen LogP contribution in [-0.4, -0.2) is 9.97 Å². The molecule has 0 aliphatic rings. The van der Waals surface area contributed by atoms with Crippen molar-refractivity contribution in [1.82, 2.24) is 9.97 Å². The van der Waals surface area contributed by atoms with Gasteiger partial charge in [0.05, 0.1) is 15.9 Å². The lowest BCUT2D eigenvalue weighted by atomic mass is 10.4. The maximum absolute atomic E-state index is 4.30. The van der Waals surface area contributed by atoms with E-state index >= 15 is 0 Å². The summed E-state index contributed by atoms with van der Waals surface area (Å²) in [5.74, 6) is 0.855. The molecule has 0 unspecified atom stereocenters. The highest BCUT2D eigenvalue weighted by Crippen LogP contribution is 2.20. The number of nitrogens with zero attached hydrogens (tertiary/aromatic N) is 2. The van der Waals surface area contributed by atoms with Crippen LogP contribution in [0.15, 0.2) is 24.6 Å². The van der Waals surface area contributed by atoms with E-state index in [1.54, 1.807) is 11.3 Å². The number of aromatic nitrogens is 2. The first-order valence-corrected chi connectivity index (χ1v) is 4.84. The number of fused-ring (bicyclic) bond motifs is 1. The van der Waals surface area contributed by atoms with E-state index in [4.69, 9.17) is 0 Å². The maximum Gasteiger partial charge on any atom is 0.126 e. The Morgan fingerprint density at radius 2 is 1.92 bits per heavy atom. The molecule has 2 aromatic rings. The van der Waals surface area contributed by atoms with Crippen LogP contribution in [0, 0.1) is 13.8 Å². The molecular formula is C10H12N2S. The first kappa shape index (κ1) is 9.86. The van der Waals surface area contributed by atoms with Gasteiger partial charge in [0, 0.05) is 0 Å². The Morgan fingerprint density at radius 3 is 2.62 bits per heavy atom. The summed E-state index contributed by atoms with van der Waals surface area (Å²) in [5.41, 5.74) is 2.16. The van der Waals surface area contributed by atoms with Gasteiger partial charge in [0.25, 0.3) is 0 Å². The molecule has 2 rings (SSSR count). The summed E-state index contributed by atoms with van der Waals surface area (Å²) in [4.78, 5) is 8.57. The number of rotatable bonds is 0. The maximum atomic E-state index is 4.30. The second kappa shape index (κ2) is 4.14. The third-order valence-corrected chi connectivity index (χ3v) is 2.60. The second-order valence-corrected chi connectivity index (χ2v) is 3.41. The van der Waals surface area contributed by atoms with E-state index in [0.29, 0.717) is 0 Å². The van der Waals surface area contributed by atoms with E-state index in [1.165, 1.54) is 4.70 Å². The van der Waals surface area contributed by atoms with Gasteiger partial charge in [-0.15, -0.1) is 24.5 Å². The Labute approximate surface area is 82.0 Å². The third kappa shape index (κ3) is 1.92. The summed E-state index contributed by atoms with van der Waals surface area (Å²) in [6.07, 6.45) is 0. The van der Waals surface area contributed by atoms with Crippen LogP contribution in [0.5, 0.6) is 0 Å². The van der Waals surface area contributed by atoms with Crippen molar-refractivity contribution in [3.8, 4) is 0 Å². The van der Waals surface area contributed by atoms with Crippen molar-refractivity contribution in [2.45, 2.75) is 13.8 Å². The number of thiophene rings is 1. The van der Waals surface area contributed by atoms with Gasteiger partial charge < -0.3 is 0 Å². The van der Waals surface area contributed by atoms with Gasteiger partial charge in [0.2, 0.25) is 0 Å². The van der Waals surface area contributed by atoms with E-state index in [0.717, 1.165) is 17.0 Å². The van der Waals surface area contributed by atoms with E-state index in [2.05, 4.69) is 23.1 Å². The first-order chi connectivity index (χ1) is 6.27. The minimum atomic E-state index is 0.855. The van der Waals surface area contributed by atoms with Crippen LogP contribution in [0.25, 0.3) is 10.2 Å². The van der Waals surface area contributed by atoms with Crippen LogP contribution in [-0.2, 0) is 0 Å². The molecule has 0 aliphatic heterocycles. The molecule has 0 saturated carbocycles. The lowest BCUT2D eigenvalue weighted by molar-refractivity contribution is 1.05. The molecule has 2 heterocycles. The Kier molecular flexibility index (Phi) is 3.14. The van der Waals surface area contributed by atoms with Gasteiger partial charge in [-0.05, 0) is 25.3 Å². The molecule has 2 nitrogen and oxygen atoms in total. The molecule has 0 N–H and O–H groups in total. The zero-order chi connectivity index (χ0) is 9.84. The zero-order valence-electron chi connectivity index (χ0n) is 7.87. The standard InChI is InChI=1S/C8H8N2S.C2H4/c1-5-8-7(3-4-11-8)10-6(2)9-5;1-2/h3-4H,1-2H3;1-2H2. The summed E-state index contributed by atoms with van der Waals surface area (Å²) >= 11 is 1.70. The highest BCUT2D eigenvalue weighted by atomic mass is 32.1. The molecule has 68 valence electrons. The summed E-state index contributed by atoms with van der Waals surface area (Å²) < 4.78 is 1.20. The van der Waals surface area contributed by atoms with Gasteiger partial charge in [0.1, 0.15) is 5.82 Å². The van der Waals surface area contributed by atoms with Crippen LogP contribution in [0.2, 0.25) is 0 Å². The normalized spacial score (nSPS) is 9.38. The average Bonchev–Trinajstić information content (AvgIpc) is 2.55. The highest BCUT2D eigenvalue weighted by molar-refractivity contribution is 7.17. The summed E-state index contributed by atoms with van der Waals surface area (Å²) in [6, 6.07) is 2.03. The SMILES string of the molecule is C=C.Cc1nc(C)c2sccc2n1. The van der Waals surface area contributed by atoms with Crippen molar-refractivity contribution < 1.29 is 0 Å². The fourth-order valence-electron chi connectivity index (χ4n) is 1.15. The highest BCUT2D eigenvalue weighted by Gasteiger charge is 2.01. The Balaban J connectivity index is 0.000000396. The van der Waals surface area contributed by atoms with E-state index < -0.39 is 0 Å². The predicted molar refractivity (Wildman–Crippen MR) is 58.1 cm³/mol. The quantitative estimate of drug-likeness (QED) is 0.599. The molecule has 0 aromatic carbocycles. The fraction of sp³-hybridized carbons (Fsp3) is 0.200. The van der Waals surface area contributed by atoms with Gasteiger partial charge >= 0.3 is 0 Å². The summed E-state index contributed by atoms with van der Waals surface area (Å²) in [7, 11) is 0. The molecule has 0 radical (unpaired) electrons. The van der Waals surface area contributed by atoms with Crippen LogP contribution >= 0.6 is 11.3 Å². The van der Waals surface area contributed by atoms with Crippen molar-refractivity contribution in [3.05, 3.63) is 36.1 Å². The molecule has 0 bridgehead atoms. The minimum Gasteiger partial charge on any atom is -0.237 e. The molecule has 3 heteroatoms. The summed E-state index contributed by atoms with van der Waals surface area (Å²) in [6.45, 7) is 9.94. The molecule has 13 heavy (non-hydrogen) atoms. The Hall–Kier alpha value is -1.22. The fourth-order valence-corrected chi connectivity index (χ4v) is 1.94. The smallest absolute Gasteiger partial charge is 0.126 e. The van der Waals surface area contributed by atoms with E-state index in [9.17, 15) is 0 Å². The van der Waals surface area contributed by atoms with Crippen molar-refractivity contribution >= 4 is 21.6 Å². The molecule has 2 aromatic heterocycles. The predicted octanol–water partition coefficient (Wildman–Crippen LogP) is 3.11. The largest absolute Gasteiger partial charge is 0.237 e. The molecule has 0 atom stereocenters. The van der Waals surface area contributed by atoms with Gasteiger partial charge in [-0.3, -0.25) is 0 Å². The van der Waals surface area contributed by atoms with Crippen molar-refractivity contribution in [3.63, 3.8) is 0 Å². The van der Waals surface area contributed by atoms with Gasteiger partial charge in [0.15, 0.2) is 0 Å². The molecule has 0 spiro atoms. The van der Waals surface area contributed by atoms with Crippen molar-refractivity contribution in [2.75, 3.05) is 0 Å². The summed E-state index contributed by atoms with van der Waals surface area (Å²) in [5, 5.41) is 2.05. The number of aryl methyl sites for hydroxylation is 2. The molecule has 0 fully saturated rings. The van der Waals surface area contributed by atoms with Crippen LogP contribution < -0.4 is 0 Å². The van der Waals surface area contributed by atoms with Crippen molar-refractivity contribution in [1.29, 1.82) is 0 Å². The third-order valence-electron chi connectivity index (χ3n) is 1.58. The van der Waals surface area contributed by atoms with E-state index in [-0.39, 0.29) is 0 Å². The van der Waals surface area contributed by atoms with Crippen LogP contribution in [0.4, 0.5) is 0 Å². The second-order valence-electron chi connectivity index (χ2n) is 2.49. The first-order valence-electron chi connectivity index (χ1n) is 3.96. The van der Waals surface area contributed by atoms with Gasteiger partial charge in [-0.1, -0.05) is 0 Å². The topological polar surface area (TPSA) is 25.8 Å². The van der Waals surface area contributed by atoms with Crippen LogP contribution in [0.3, 0.4) is 0 Å². The molecule has 0 saturated heterocycles. The van der Waals surface area contributed by atoms with E-state index in [1.807, 2.05) is 25.3 Å². The van der Waals surface area contributed by atoms with Crippen molar-refractivity contribution in [2.24, 2.45) is 0 Å². The molecular weight excluding hydrogens is 180 g/mol.